The van der Waals surface area contributed by atoms with E-state index in [-0.39, 0.29) is 18.4 Å². The molecule has 0 fully saturated rings. The summed E-state index contributed by atoms with van der Waals surface area (Å²) in [5.41, 5.74) is 0.359. The van der Waals surface area contributed by atoms with Crippen LogP contribution in [0.1, 0.15) is 24.2 Å². The predicted molar refractivity (Wildman–Crippen MR) is 79.1 cm³/mol. The van der Waals surface area contributed by atoms with Crippen molar-refractivity contribution in [3.8, 4) is 5.75 Å². The Labute approximate surface area is 126 Å². The molecule has 6 heteroatoms. The predicted octanol–water partition coefficient (Wildman–Crippen LogP) is 2.64. The number of aliphatic carboxylic acids is 1. The number of carboxylic acids is 1. The first-order valence-corrected chi connectivity index (χ1v) is 6.99. The molecule has 0 atom stereocenters. The van der Waals surface area contributed by atoms with Gasteiger partial charge in [0.25, 0.3) is 5.91 Å². The van der Waals surface area contributed by atoms with E-state index in [9.17, 15) is 9.59 Å². The maximum Gasteiger partial charge on any atom is 0.323 e. The van der Waals surface area contributed by atoms with E-state index in [1.54, 1.807) is 18.2 Å². The number of nitrogens with zero attached hydrogens (tertiary/aromatic N) is 1. The van der Waals surface area contributed by atoms with Crippen LogP contribution >= 0.6 is 15.9 Å². The van der Waals surface area contributed by atoms with E-state index >= 15 is 0 Å². The van der Waals surface area contributed by atoms with Gasteiger partial charge in [-0.1, -0.05) is 29.8 Å². The molecular weight excluding hydrogens is 326 g/mol. The van der Waals surface area contributed by atoms with Crippen LogP contribution in [0.2, 0.25) is 0 Å². The van der Waals surface area contributed by atoms with Crippen LogP contribution in [0.4, 0.5) is 0 Å². The number of ether oxygens (including phenoxy) is 1. The highest BCUT2D eigenvalue weighted by atomic mass is 79.9. The van der Waals surface area contributed by atoms with Gasteiger partial charge in [0, 0.05) is 11.0 Å². The van der Waals surface area contributed by atoms with Crippen LogP contribution in [0.3, 0.4) is 0 Å². The minimum atomic E-state index is -1.03. The summed E-state index contributed by atoms with van der Waals surface area (Å²) in [6, 6.07) is 5.03. The van der Waals surface area contributed by atoms with Crippen LogP contribution in [0.25, 0.3) is 0 Å². The summed E-state index contributed by atoms with van der Waals surface area (Å²) in [4.78, 5) is 24.7. The van der Waals surface area contributed by atoms with E-state index in [2.05, 4.69) is 15.9 Å². The van der Waals surface area contributed by atoms with Gasteiger partial charge >= 0.3 is 5.97 Å². The van der Waals surface area contributed by atoms with E-state index in [1.165, 1.54) is 12.0 Å². The van der Waals surface area contributed by atoms with Crippen LogP contribution in [0.15, 0.2) is 22.7 Å². The number of hydrogen-bond acceptors (Lipinski definition) is 3. The Kier molecular flexibility index (Phi) is 6.01. The van der Waals surface area contributed by atoms with E-state index in [0.717, 1.165) is 4.47 Å². The van der Waals surface area contributed by atoms with Gasteiger partial charge in [0.05, 0.1) is 12.7 Å². The summed E-state index contributed by atoms with van der Waals surface area (Å²) in [5.74, 6) is -0.774. The fraction of sp³-hybridized carbons (Fsp3) is 0.429. The van der Waals surface area contributed by atoms with Gasteiger partial charge in [0.15, 0.2) is 0 Å². The number of halogens is 1. The monoisotopic (exact) mass is 343 g/mol. The van der Waals surface area contributed by atoms with Gasteiger partial charge in [0.1, 0.15) is 12.3 Å². The Morgan fingerprint density at radius 1 is 1.40 bits per heavy atom. The molecule has 0 aromatic heterocycles. The first-order chi connectivity index (χ1) is 9.35. The van der Waals surface area contributed by atoms with Crippen molar-refractivity contribution in [3.05, 3.63) is 28.2 Å². The molecule has 0 unspecified atom stereocenters. The number of carbonyl (C=O) groups excluding carboxylic acids is 1. The summed E-state index contributed by atoms with van der Waals surface area (Å²) in [5, 5.41) is 8.93. The number of amides is 1. The van der Waals surface area contributed by atoms with Crippen molar-refractivity contribution in [3.63, 3.8) is 0 Å². The third-order valence-electron chi connectivity index (χ3n) is 2.59. The molecule has 110 valence electrons. The van der Waals surface area contributed by atoms with Crippen molar-refractivity contribution in [2.45, 2.75) is 13.8 Å². The highest BCUT2D eigenvalue weighted by Gasteiger charge is 2.22. The molecule has 1 N–H and O–H groups in total. The Morgan fingerprint density at radius 2 is 2.05 bits per heavy atom. The SMILES string of the molecule is COc1cc(Br)ccc1C(=O)N(CC(=O)O)CC(C)C. The van der Waals surface area contributed by atoms with E-state index in [4.69, 9.17) is 9.84 Å². The van der Waals surface area contributed by atoms with Crippen molar-refractivity contribution in [2.24, 2.45) is 5.92 Å². The number of carbonyl (C=O) groups is 2. The number of rotatable bonds is 6. The van der Waals surface area contributed by atoms with E-state index in [1.807, 2.05) is 13.8 Å². The molecule has 0 heterocycles. The zero-order valence-corrected chi connectivity index (χ0v) is 13.3. The number of methoxy groups -OCH3 is 1. The third kappa shape index (κ3) is 4.52. The molecular formula is C14H18BrNO4. The lowest BCUT2D eigenvalue weighted by Crippen LogP contribution is -2.38. The highest BCUT2D eigenvalue weighted by Crippen LogP contribution is 2.25. The standard InChI is InChI=1S/C14H18BrNO4/c1-9(2)7-16(8-13(17)18)14(19)11-5-4-10(15)6-12(11)20-3/h4-6,9H,7-8H2,1-3H3,(H,17,18). The van der Waals surface area contributed by atoms with Gasteiger partial charge in [0.2, 0.25) is 0 Å². The van der Waals surface area contributed by atoms with Gasteiger partial charge < -0.3 is 14.7 Å². The van der Waals surface area contributed by atoms with Crippen molar-refractivity contribution >= 4 is 27.8 Å². The lowest BCUT2D eigenvalue weighted by atomic mass is 10.1. The minimum absolute atomic E-state index is 0.180. The van der Waals surface area contributed by atoms with Crippen LogP contribution in [0, 0.1) is 5.92 Å². The Bertz CT molecular complexity index is 502. The Hall–Kier alpha value is -1.56. The average molecular weight is 344 g/mol. The summed E-state index contributed by atoms with van der Waals surface area (Å²) in [7, 11) is 1.47. The second-order valence-corrected chi connectivity index (χ2v) is 5.73. The van der Waals surface area contributed by atoms with Crippen LogP contribution in [-0.4, -0.2) is 42.1 Å². The molecule has 0 bridgehead atoms. The van der Waals surface area contributed by atoms with Gasteiger partial charge in [-0.3, -0.25) is 9.59 Å². The normalized spacial score (nSPS) is 10.4. The Morgan fingerprint density at radius 3 is 2.55 bits per heavy atom. The smallest absolute Gasteiger partial charge is 0.323 e. The second-order valence-electron chi connectivity index (χ2n) is 4.82. The molecule has 1 aromatic rings. The number of carboxylic acid groups (broad SMARTS) is 1. The van der Waals surface area contributed by atoms with E-state index in [0.29, 0.717) is 17.9 Å². The first kappa shape index (κ1) is 16.5. The Balaban J connectivity index is 3.07. The molecule has 0 saturated carbocycles. The second kappa shape index (κ2) is 7.28. The summed E-state index contributed by atoms with van der Waals surface area (Å²) < 4.78 is 5.97. The fourth-order valence-corrected chi connectivity index (χ4v) is 2.18. The molecule has 1 aromatic carbocycles. The summed E-state index contributed by atoms with van der Waals surface area (Å²) >= 11 is 3.30. The molecule has 0 aliphatic rings. The molecule has 1 rings (SSSR count). The lowest BCUT2D eigenvalue weighted by Gasteiger charge is -2.23. The fourth-order valence-electron chi connectivity index (χ4n) is 1.84. The lowest BCUT2D eigenvalue weighted by molar-refractivity contribution is -0.137. The van der Waals surface area contributed by atoms with Gasteiger partial charge in [-0.25, -0.2) is 0 Å². The van der Waals surface area contributed by atoms with Crippen molar-refractivity contribution in [2.75, 3.05) is 20.2 Å². The maximum atomic E-state index is 12.5. The molecule has 1 amide bonds. The molecule has 5 nitrogen and oxygen atoms in total. The average Bonchev–Trinajstić information content (AvgIpc) is 2.35. The topological polar surface area (TPSA) is 66.8 Å². The van der Waals surface area contributed by atoms with Crippen LogP contribution in [0.5, 0.6) is 5.75 Å². The molecule has 20 heavy (non-hydrogen) atoms. The number of benzene rings is 1. The minimum Gasteiger partial charge on any atom is -0.496 e. The van der Waals surface area contributed by atoms with Gasteiger partial charge in [-0.05, 0) is 24.1 Å². The largest absolute Gasteiger partial charge is 0.496 e. The highest BCUT2D eigenvalue weighted by molar-refractivity contribution is 9.10. The first-order valence-electron chi connectivity index (χ1n) is 6.19. The molecule has 0 spiro atoms. The molecule has 0 aliphatic heterocycles. The van der Waals surface area contributed by atoms with Gasteiger partial charge in [-0.15, -0.1) is 0 Å². The van der Waals surface area contributed by atoms with E-state index < -0.39 is 5.97 Å². The molecule has 0 aliphatic carbocycles. The number of hydrogen-bond donors (Lipinski definition) is 1. The van der Waals surface area contributed by atoms with Gasteiger partial charge in [-0.2, -0.15) is 0 Å². The zero-order chi connectivity index (χ0) is 15.3. The zero-order valence-electron chi connectivity index (χ0n) is 11.7. The van der Waals surface area contributed by atoms with Crippen molar-refractivity contribution in [1.82, 2.24) is 4.90 Å². The van der Waals surface area contributed by atoms with Crippen LogP contribution < -0.4 is 4.74 Å². The maximum absolute atomic E-state index is 12.5. The van der Waals surface area contributed by atoms with Crippen LogP contribution in [-0.2, 0) is 4.79 Å². The third-order valence-corrected chi connectivity index (χ3v) is 3.09. The van der Waals surface area contributed by atoms with Crippen molar-refractivity contribution < 1.29 is 19.4 Å². The van der Waals surface area contributed by atoms with Crippen molar-refractivity contribution in [1.29, 1.82) is 0 Å². The summed E-state index contributed by atoms with van der Waals surface area (Å²) in [6.07, 6.45) is 0. The molecule has 0 saturated heterocycles. The molecule has 0 radical (unpaired) electrons. The summed E-state index contributed by atoms with van der Waals surface area (Å²) in [6.45, 7) is 3.92. The quantitative estimate of drug-likeness (QED) is 0.862.